The zero-order valence-corrected chi connectivity index (χ0v) is 13.0. The third kappa shape index (κ3) is 4.67. The van der Waals surface area contributed by atoms with E-state index in [1.807, 2.05) is 30.3 Å². The van der Waals surface area contributed by atoms with Gasteiger partial charge in [0.15, 0.2) is 0 Å². The van der Waals surface area contributed by atoms with Crippen LogP contribution in [0, 0.1) is 0 Å². The molecule has 0 aliphatic heterocycles. The Bertz CT molecular complexity index is 587. The number of benzene rings is 2. The van der Waals surface area contributed by atoms with Crippen LogP contribution < -0.4 is 14.8 Å². The van der Waals surface area contributed by atoms with Crippen molar-refractivity contribution >= 4 is 17.5 Å². The molecule has 2 aromatic rings. The number of methoxy groups -OCH3 is 1. The fourth-order valence-corrected chi connectivity index (χ4v) is 2.10. The Morgan fingerprint density at radius 2 is 1.77 bits per heavy atom. The quantitative estimate of drug-likeness (QED) is 0.630. The third-order valence-corrected chi connectivity index (χ3v) is 3.50. The Balaban J connectivity index is 1.76. The summed E-state index contributed by atoms with van der Waals surface area (Å²) < 4.78 is 10.6. The second-order valence-electron chi connectivity index (χ2n) is 4.59. The third-order valence-electron chi connectivity index (χ3n) is 3.05. The van der Waals surface area contributed by atoms with Crippen LogP contribution >= 0.6 is 11.6 Å². The maximum atomic E-state index is 12.0. The van der Waals surface area contributed by atoms with Gasteiger partial charge in [0, 0.05) is 0 Å². The van der Waals surface area contributed by atoms with Crippen molar-refractivity contribution in [2.45, 2.75) is 5.38 Å². The highest BCUT2D eigenvalue weighted by molar-refractivity contribution is 6.30. The topological polar surface area (TPSA) is 47.6 Å². The van der Waals surface area contributed by atoms with E-state index in [2.05, 4.69) is 5.32 Å². The lowest BCUT2D eigenvalue weighted by atomic mass is 10.1. The second kappa shape index (κ2) is 8.29. The van der Waals surface area contributed by atoms with E-state index in [9.17, 15) is 4.79 Å². The van der Waals surface area contributed by atoms with Gasteiger partial charge in [0.1, 0.15) is 23.5 Å². The highest BCUT2D eigenvalue weighted by Crippen LogP contribution is 2.22. The van der Waals surface area contributed by atoms with E-state index in [1.165, 1.54) is 0 Å². The monoisotopic (exact) mass is 319 g/mol. The summed E-state index contributed by atoms with van der Waals surface area (Å²) in [7, 11) is 1.59. The average Bonchev–Trinajstić information content (AvgIpc) is 2.59. The minimum absolute atomic E-state index is 0.247. The van der Waals surface area contributed by atoms with Gasteiger partial charge in [-0.1, -0.05) is 30.3 Å². The minimum atomic E-state index is -0.734. The molecule has 0 heterocycles. The van der Waals surface area contributed by atoms with Crippen molar-refractivity contribution in [2.75, 3.05) is 20.3 Å². The highest BCUT2D eigenvalue weighted by Gasteiger charge is 2.17. The first-order valence-corrected chi connectivity index (χ1v) is 7.38. The number of alkyl halides is 1. The van der Waals surface area contributed by atoms with E-state index < -0.39 is 5.38 Å². The lowest BCUT2D eigenvalue weighted by Gasteiger charge is -2.12. The molecule has 1 amide bonds. The standard InChI is InChI=1S/C17H18ClNO3/c1-21-14-9-7-13(8-10-14)16(18)17(20)19-11-12-22-15-5-3-2-4-6-15/h2-10,16H,11-12H2,1H3,(H,19,20). The maximum Gasteiger partial charge on any atom is 0.242 e. The van der Waals surface area contributed by atoms with Crippen molar-refractivity contribution in [1.29, 1.82) is 0 Å². The molecule has 2 aromatic carbocycles. The Hall–Kier alpha value is -2.20. The number of hydrogen-bond donors (Lipinski definition) is 1. The van der Waals surface area contributed by atoms with Crippen LogP contribution in [0.5, 0.6) is 11.5 Å². The van der Waals surface area contributed by atoms with Crippen LogP contribution in [0.15, 0.2) is 54.6 Å². The van der Waals surface area contributed by atoms with Crippen LogP contribution in [0.25, 0.3) is 0 Å². The van der Waals surface area contributed by atoms with Crippen LogP contribution in [0.4, 0.5) is 0 Å². The van der Waals surface area contributed by atoms with Crippen molar-refractivity contribution in [3.8, 4) is 11.5 Å². The molecule has 0 aromatic heterocycles. The van der Waals surface area contributed by atoms with Crippen molar-refractivity contribution in [3.05, 3.63) is 60.2 Å². The number of nitrogens with one attached hydrogen (secondary N) is 1. The molecule has 0 radical (unpaired) electrons. The smallest absolute Gasteiger partial charge is 0.242 e. The SMILES string of the molecule is COc1ccc(C(Cl)C(=O)NCCOc2ccccc2)cc1. The first-order chi connectivity index (χ1) is 10.7. The van der Waals surface area contributed by atoms with Crippen molar-refractivity contribution in [2.24, 2.45) is 0 Å². The number of hydrogen-bond acceptors (Lipinski definition) is 3. The van der Waals surface area contributed by atoms with Crippen molar-refractivity contribution in [1.82, 2.24) is 5.32 Å². The number of ether oxygens (including phenoxy) is 2. The molecule has 4 nitrogen and oxygen atoms in total. The van der Waals surface area contributed by atoms with E-state index >= 15 is 0 Å². The van der Waals surface area contributed by atoms with Gasteiger partial charge < -0.3 is 14.8 Å². The van der Waals surface area contributed by atoms with E-state index in [0.29, 0.717) is 13.2 Å². The molecule has 0 spiro atoms. The lowest BCUT2D eigenvalue weighted by molar-refractivity contribution is -0.120. The maximum absolute atomic E-state index is 12.0. The molecule has 0 bridgehead atoms. The van der Waals surface area contributed by atoms with Gasteiger partial charge in [-0.15, -0.1) is 11.6 Å². The van der Waals surface area contributed by atoms with Gasteiger partial charge in [-0.3, -0.25) is 4.79 Å². The van der Waals surface area contributed by atoms with Gasteiger partial charge in [0.2, 0.25) is 5.91 Å². The summed E-state index contributed by atoms with van der Waals surface area (Å²) in [6, 6.07) is 16.5. The van der Waals surface area contributed by atoms with Gasteiger partial charge >= 0.3 is 0 Å². The summed E-state index contributed by atoms with van der Waals surface area (Å²) in [5.74, 6) is 1.25. The summed E-state index contributed by atoms with van der Waals surface area (Å²) in [5.41, 5.74) is 0.726. The Morgan fingerprint density at radius 3 is 2.41 bits per heavy atom. The molecule has 1 atom stereocenters. The number of carbonyl (C=O) groups excluding carboxylic acids is 1. The molecule has 0 aliphatic carbocycles. The Morgan fingerprint density at radius 1 is 1.09 bits per heavy atom. The molecular weight excluding hydrogens is 302 g/mol. The molecule has 116 valence electrons. The first kappa shape index (κ1) is 16.2. The van der Waals surface area contributed by atoms with Crippen LogP contribution in [-0.2, 0) is 4.79 Å². The molecule has 22 heavy (non-hydrogen) atoms. The number of carbonyl (C=O) groups is 1. The molecule has 0 saturated heterocycles. The molecular formula is C17H18ClNO3. The zero-order chi connectivity index (χ0) is 15.8. The normalized spacial score (nSPS) is 11.5. The predicted octanol–water partition coefficient (Wildman–Crippen LogP) is 3.17. The summed E-state index contributed by atoms with van der Waals surface area (Å²) in [4.78, 5) is 12.0. The van der Waals surface area contributed by atoms with E-state index in [1.54, 1.807) is 31.4 Å². The highest BCUT2D eigenvalue weighted by atomic mass is 35.5. The summed E-state index contributed by atoms with van der Waals surface area (Å²) in [5, 5.41) is 2.02. The molecule has 2 rings (SSSR count). The Labute approximate surface area is 135 Å². The van der Waals surface area contributed by atoms with Gasteiger partial charge in [-0.05, 0) is 29.8 Å². The Kier molecular flexibility index (Phi) is 6.10. The molecule has 1 unspecified atom stereocenters. The van der Waals surface area contributed by atoms with E-state index in [4.69, 9.17) is 21.1 Å². The van der Waals surface area contributed by atoms with Gasteiger partial charge in [0.05, 0.1) is 13.7 Å². The van der Waals surface area contributed by atoms with E-state index in [0.717, 1.165) is 17.1 Å². The fourth-order valence-electron chi connectivity index (χ4n) is 1.87. The largest absolute Gasteiger partial charge is 0.497 e. The minimum Gasteiger partial charge on any atom is -0.497 e. The van der Waals surface area contributed by atoms with Gasteiger partial charge in [-0.2, -0.15) is 0 Å². The van der Waals surface area contributed by atoms with E-state index in [-0.39, 0.29) is 5.91 Å². The summed E-state index contributed by atoms with van der Waals surface area (Å²) in [6.45, 7) is 0.787. The second-order valence-corrected chi connectivity index (χ2v) is 5.02. The predicted molar refractivity (Wildman–Crippen MR) is 86.5 cm³/mol. The first-order valence-electron chi connectivity index (χ1n) is 6.94. The average molecular weight is 320 g/mol. The lowest BCUT2D eigenvalue weighted by Crippen LogP contribution is -2.30. The number of para-hydroxylation sites is 1. The van der Waals surface area contributed by atoms with Crippen LogP contribution in [0.1, 0.15) is 10.9 Å². The van der Waals surface area contributed by atoms with Crippen molar-refractivity contribution in [3.63, 3.8) is 0 Å². The summed E-state index contributed by atoms with van der Waals surface area (Å²) >= 11 is 6.15. The molecule has 0 aliphatic rings. The molecule has 0 saturated carbocycles. The van der Waals surface area contributed by atoms with Crippen LogP contribution in [0.3, 0.4) is 0 Å². The van der Waals surface area contributed by atoms with Crippen LogP contribution in [-0.4, -0.2) is 26.2 Å². The number of amides is 1. The molecule has 5 heteroatoms. The molecule has 0 fully saturated rings. The van der Waals surface area contributed by atoms with Gasteiger partial charge in [-0.25, -0.2) is 0 Å². The fraction of sp³-hybridized carbons (Fsp3) is 0.235. The number of halogens is 1. The van der Waals surface area contributed by atoms with Gasteiger partial charge in [0.25, 0.3) is 0 Å². The zero-order valence-electron chi connectivity index (χ0n) is 12.3. The van der Waals surface area contributed by atoms with Crippen molar-refractivity contribution < 1.29 is 14.3 Å². The van der Waals surface area contributed by atoms with Crippen LogP contribution in [0.2, 0.25) is 0 Å². The molecule has 1 N–H and O–H groups in total. The summed E-state index contributed by atoms with van der Waals surface area (Å²) in [6.07, 6.45) is 0. The number of rotatable bonds is 7.